The number of benzene rings is 2. The van der Waals surface area contributed by atoms with E-state index in [-0.39, 0.29) is 56.6 Å². The third-order valence-electron chi connectivity index (χ3n) is 4.75. The molecule has 0 atom stereocenters. The fraction of sp³-hybridized carbons (Fsp3) is 0.273. The molecular formula is C22H20O10. The summed E-state index contributed by atoms with van der Waals surface area (Å²) >= 11 is 0. The first-order valence-electron chi connectivity index (χ1n) is 9.29. The molecule has 0 saturated carbocycles. The highest BCUT2D eigenvalue weighted by atomic mass is 16.6. The lowest BCUT2D eigenvalue weighted by molar-refractivity contribution is -0.132. The Bertz CT molecular complexity index is 1160. The molecule has 10 nitrogen and oxygen atoms in total. The van der Waals surface area contributed by atoms with E-state index in [1.54, 1.807) is 0 Å². The van der Waals surface area contributed by atoms with Gasteiger partial charge in [0.05, 0.1) is 44.6 Å². The number of rotatable bonds is 6. The molecule has 0 spiro atoms. The van der Waals surface area contributed by atoms with Crippen molar-refractivity contribution < 1.29 is 48.0 Å². The summed E-state index contributed by atoms with van der Waals surface area (Å²) in [7, 11) is 3.81. The van der Waals surface area contributed by atoms with Crippen LogP contribution in [0.3, 0.4) is 0 Å². The van der Waals surface area contributed by atoms with Crippen molar-refractivity contribution in [3.63, 3.8) is 0 Å². The van der Waals surface area contributed by atoms with E-state index < -0.39 is 30.1 Å². The molecular weight excluding hydrogens is 424 g/mol. The lowest BCUT2D eigenvalue weighted by atomic mass is 9.81. The summed E-state index contributed by atoms with van der Waals surface area (Å²) in [6, 6.07) is 2.53. The highest BCUT2D eigenvalue weighted by molar-refractivity contribution is 6.32. The van der Waals surface area contributed by atoms with Crippen molar-refractivity contribution in [2.45, 2.75) is 20.5 Å². The first kappa shape index (κ1) is 22.8. The van der Waals surface area contributed by atoms with Crippen molar-refractivity contribution in [3.8, 4) is 28.7 Å². The van der Waals surface area contributed by atoms with Crippen LogP contribution in [0.25, 0.3) is 0 Å². The van der Waals surface area contributed by atoms with E-state index in [0.717, 1.165) is 19.9 Å². The summed E-state index contributed by atoms with van der Waals surface area (Å²) in [5.74, 6) is -3.71. The first-order valence-corrected chi connectivity index (χ1v) is 9.29. The normalized spacial score (nSPS) is 11.9. The number of aliphatic hydroxyl groups excluding tert-OH is 1. The van der Waals surface area contributed by atoms with Gasteiger partial charge in [0.2, 0.25) is 11.5 Å². The first-order chi connectivity index (χ1) is 15.2. The number of ether oxygens (including phenoxy) is 5. The number of ketones is 2. The fourth-order valence-electron chi connectivity index (χ4n) is 3.59. The van der Waals surface area contributed by atoms with E-state index in [0.29, 0.717) is 0 Å². The van der Waals surface area contributed by atoms with Crippen LogP contribution in [-0.2, 0) is 16.2 Å². The standard InChI is InChI=1S/C22H20O10/c1-9(24)31-14-7-12-15(22(21(14)30-5)32-10(2)25)19(27)16-13(28-3)6-11(8-23)20(29-4)17(16)18(12)26/h6-7,23H,8H2,1-5H3. The minimum absolute atomic E-state index is 0.00816. The molecule has 2 aromatic carbocycles. The van der Waals surface area contributed by atoms with Gasteiger partial charge in [0.15, 0.2) is 17.3 Å². The van der Waals surface area contributed by atoms with Crippen molar-refractivity contribution >= 4 is 23.5 Å². The Kier molecular flexibility index (Phi) is 6.17. The lowest BCUT2D eigenvalue weighted by Crippen LogP contribution is -2.25. The largest absolute Gasteiger partial charge is 0.496 e. The number of carbonyl (C=O) groups excluding carboxylic acids is 4. The Morgan fingerprint density at radius 1 is 0.750 bits per heavy atom. The minimum Gasteiger partial charge on any atom is -0.496 e. The van der Waals surface area contributed by atoms with Gasteiger partial charge in [-0.3, -0.25) is 19.2 Å². The number of hydrogen-bond acceptors (Lipinski definition) is 10. The smallest absolute Gasteiger partial charge is 0.308 e. The molecule has 0 radical (unpaired) electrons. The third kappa shape index (κ3) is 3.54. The second-order valence-corrected chi connectivity index (χ2v) is 6.68. The van der Waals surface area contributed by atoms with E-state index in [2.05, 4.69) is 0 Å². The Balaban J connectivity index is 2.46. The topological polar surface area (TPSA) is 135 Å². The van der Waals surface area contributed by atoms with Crippen LogP contribution in [0.15, 0.2) is 12.1 Å². The molecule has 1 N–H and O–H groups in total. The molecule has 168 valence electrons. The molecule has 0 aliphatic heterocycles. The van der Waals surface area contributed by atoms with Crippen molar-refractivity contribution in [3.05, 3.63) is 39.9 Å². The molecule has 0 fully saturated rings. The molecule has 10 heteroatoms. The van der Waals surface area contributed by atoms with Gasteiger partial charge < -0.3 is 28.8 Å². The Hall–Kier alpha value is -3.92. The molecule has 2 aromatic rings. The van der Waals surface area contributed by atoms with Crippen LogP contribution in [0, 0.1) is 0 Å². The zero-order chi connectivity index (χ0) is 23.7. The van der Waals surface area contributed by atoms with Gasteiger partial charge in [-0.15, -0.1) is 0 Å². The lowest BCUT2D eigenvalue weighted by Gasteiger charge is -2.26. The van der Waals surface area contributed by atoms with Gasteiger partial charge in [-0.2, -0.15) is 0 Å². The number of esters is 2. The van der Waals surface area contributed by atoms with Crippen molar-refractivity contribution in [2.24, 2.45) is 0 Å². The Labute approximate surface area is 182 Å². The van der Waals surface area contributed by atoms with Crippen molar-refractivity contribution in [2.75, 3.05) is 21.3 Å². The van der Waals surface area contributed by atoms with E-state index >= 15 is 0 Å². The maximum absolute atomic E-state index is 13.6. The van der Waals surface area contributed by atoms with Crippen LogP contribution < -0.4 is 23.7 Å². The molecule has 0 amide bonds. The summed E-state index contributed by atoms with van der Waals surface area (Å²) in [6.07, 6.45) is 0. The molecule has 3 rings (SSSR count). The van der Waals surface area contributed by atoms with Gasteiger partial charge in [-0.05, 0) is 12.1 Å². The Morgan fingerprint density at radius 2 is 1.38 bits per heavy atom. The molecule has 0 unspecified atom stereocenters. The van der Waals surface area contributed by atoms with E-state index in [1.807, 2.05) is 0 Å². The highest BCUT2D eigenvalue weighted by Gasteiger charge is 2.41. The van der Waals surface area contributed by atoms with Gasteiger partial charge in [-0.25, -0.2) is 0 Å². The molecule has 1 aliphatic carbocycles. The van der Waals surface area contributed by atoms with Crippen molar-refractivity contribution in [1.29, 1.82) is 0 Å². The van der Waals surface area contributed by atoms with Gasteiger partial charge >= 0.3 is 11.9 Å². The van der Waals surface area contributed by atoms with Crippen molar-refractivity contribution in [1.82, 2.24) is 0 Å². The van der Waals surface area contributed by atoms with E-state index in [9.17, 15) is 24.3 Å². The van der Waals surface area contributed by atoms with Crippen LogP contribution in [-0.4, -0.2) is 49.9 Å². The monoisotopic (exact) mass is 444 g/mol. The van der Waals surface area contributed by atoms with Gasteiger partial charge in [0.25, 0.3) is 0 Å². The number of aliphatic hydroxyl groups is 1. The van der Waals surface area contributed by atoms with Crippen LogP contribution >= 0.6 is 0 Å². The molecule has 1 aliphatic rings. The summed E-state index contributed by atoms with van der Waals surface area (Å²) in [5.41, 5.74) is -0.508. The zero-order valence-corrected chi connectivity index (χ0v) is 18.0. The number of carbonyl (C=O) groups is 4. The number of hydrogen-bond donors (Lipinski definition) is 1. The molecule has 0 saturated heterocycles. The predicted octanol–water partition coefficient (Wildman–Crippen LogP) is 1.83. The summed E-state index contributed by atoms with van der Waals surface area (Å²) < 4.78 is 26.2. The Morgan fingerprint density at radius 3 is 1.88 bits per heavy atom. The van der Waals surface area contributed by atoms with Gasteiger partial charge in [0, 0.05) is 25.0 Å². The summed E-state index contributed by atoms with van der Waals surface area (Å²) in [4.78, 5) is 50.5. The highest BCUT2D eigenvalue weighted by Crippen LogP contribution is 2.49. The summed E-state index contributed by atoms with van der Waals surface area (Å²) in [5, 5.41) is 9.71. The molecule has 32 heavy (non-hydrogen) atoms. The van der Waals surface area contributed by atoms with Crippen LogP contribution in [0.1, 0.15) is 51.3 Å². The van der Waals surface area contributed by atoms with E-state index in [4.69, 9.17) is 23.7 Å². The zero-order valence-electron chi connectivity index (χ0n) is 18.0. The quantitative estimate of drug-likeness (QED) is 0.443. The van der Waals surface area contributed by atoms with Gasteiger partial charge in [-0.1, -0.05) is 0 Å². The summed E-state index contributed by atoms with van der Waals surface area (Å²) in [6.45, 7) is 1.75. The maximum atomic E-state index is 13.6. The second-order valence-electron chi connectivity index (χ2n) is 6.68. The van der Waals surface area contributed by atoms with Gasteiger partial charge in [0.1, 0.15) is 11.5 Å². The van der Waals surface area contributed by atoms with Crippen LogP contribution in [0.2, 0.25) is 0 Å². The molecule has 0 bridgehead atoms. The van der Waals surface area contributed by atoms with E-state index in [1.165, 1.54) is 27.4 Å². The minimum atomic E-state index is -0.795. The fourth-order valence-corrected chi connectivity index (χ4v) is 3.59. The van der Waals surface area contributed by atoms with Crippen LogP contribution in [0.4, 0.5) is 0 Å². The SMILES string of the molecule is COc1cc(CO)c(OC)c2c1C(=O)c1c(cc(OC(C)=O)c(OC)c1OC(C)=O)C2=O. The second kappa shape index (κ2) is 8.67. The third-order valence-corrected chi connectivity index (χ3v) is 4.75. The molecule has 0 aromatic heterocycles. The average molecular weight is 444 g/mol. The van der Waals surface area contributed by atoms with Crippen LogP contribution in [0.5, 0.6) is 28.7 Å². The number of fused-ring (bicyclic) bond motifs is 2. The maximum Gasteiger partial charge on any atom is 0.308 e. The number of methoxy groups -OCH3 is 3. The molecule has 0 heterocycles. The predicted molar refractivity (Wildman–Crippen MR) is 108 cm³/mol. The average Bonchev–Trinajstić information content (AvgIpc) is 2.74.